The van der Waals surface area contributed by atoms with Gasteiger partial charge in [-0.1, -0.05) is 0 Å². The van der Waals surface area contributed by atoms with Gasteiger partial charge in [-0.15, -0.1) is 0 Å². The monoisotopic (exact) mass is 353 g/mol. The number of pyridine rings is 1. The van der Waals surface area contributed by atoms with Crippen molar-refractivity contribution in [2.45, 2.75) is 19.4 Å². The number of rotatable bonds is 8. The van der Waals surface area contributed by atoms with Gasteiger partial charge in [0, 0.05) is 44.2 Å². The Kier molecular flexibility index (Phi) is 5.76. The van der Waals surface area contributed by atoms with Crippen molar-refractivity contribution in [3.8, 4) is 0 Å². The Bertz CT molecular complexity index is 843. The maximum atomic E-state index is 11.9. The Hall–Kier alpha value is -3.42. The highest BCUT2D eigenvalue weighted by Crippen LogP contribution is 2.05. The lowest BCUT2D eigenvalue weighted by Gasteiger charge is -2.04. The molecule has 134 valence electrons. The third-order valence-electron chi connectivity index (χ3n) is 3.67. The summed E-state index contributed by atoms with van der Waals surface area (Å²) in [5, 5.41) is 9.65. The van der Waals surface area contributed by atoms with E-state index in [1.165, 1.54) is 11.8 Å². The molecular formula is C18H19N5O3. The number of aryl methyl sites for hydroxylation is 2. The van der Waals surface area contributed by atoms with E-state index >= 15 is 0 Å². The molecule has 0 aromatic carbocycles. The van der Waals surface area contributed by atoms with Gasteiger partial charge in [-0.05, 0) is 36.2 Å². The average molecular weight is 353 g/mol. The Balaban J connectivity index is 1.39. The maximum absolute atomic E-state index is 11.9. The number of furan rings is 1. The molecule has 0 aliphatic rings. The standard InChI is InChI=1S/C18H19N5O3/c24-17(5-10-20-18(25)15-2-1-13-26-15)21-16-7-12-23(22-16)11-6-14-3-8-19-9-4-14/h1-4,7-9,12-13H,5-6,10-11H2,(H,20,25)(H,21,22,24). The van der Waals surface area contributed by atoms with Crippen LogP contribution in [0.3, 0.4) is 0 Å². The van der Waals surface area contributed by atoms with Crippen molar-refractivity contribution in [1.29, 1.82) is 0 Å². The van der Waals surface area contributed by atoms with Crippen LogP contribution in [0.5, 0.6) is 0 Å². The van der Waals surface area contributed by atoms with E-state index in [1.54, 1.807) is 35.3 Å². The van der Waals surface area contributed by atoms with Gasteiger partial charge in [-0.25, -0.2) is 0 Å². The van der Waals surface area contributed by atoms with Gasteiger partial charge in [0.05, 0.1) is 6.26 Å². The van der Waals surface area contributed by atoms with Crippen LogP contribution in [-0.2, 0) is 17.8 Å². The molecule has 26 heavy (non-hydrogen) atoms. The van der Waals surface area contributed by atoms with Crippen LogP contribution < -0.4 is 10.6 Å². The Morgan fingerprint density at radius 1 is 1.15 bits per heavy atom. The fourth-order valence-electron chi connectivity index (χ4n) is 2.34. The second-order valence-electron chi connectivity index (χ2n) is 5.60. The summed E-state index contributed by atoms with van der Waals surface area (Å²) in [6, 6.07) is 8.86. The smallest absolute Gasteiger partial charge is 0.286 e. The topological polar surface area (TPSA) is 102 Å². The van der Waals surface area contributed by atoms with Crippen molar-refractivity contribution < 1.29 is 14.0 Å². The molecule has 0 saturated carbocycles. The molecule has 3 aromatic rings. The van der Waals surface area contributed by atoms with Gasteiger partial charge in [0.1, 0.15) is 0 Å². The Labute approximate surface area is 150 Å². The number of carbonyl (C=O) groups excluding carboxylic acids is 2. The van der Waals surface area contributed by atoms with E-state index in [1.807, 2.05) is 18.3 Å². The maximum Gasteiger partial charge on any atom is 0.286 e. The molecular weight excluding hydrogens is 334 g/mol. The van der Waals surface area contributed by atoms with E-state index in [4.69, 9.17) is 4.42 Å². The van der Waals surface area contributed by atoms with Gasteiger partial charge in [0.15, 0.2) is 11.6 Å². The van der Waals surface area contributed by atoms with E-state index in [9.17, 15) is 9.59 Å². The van der Waals surface area contributed by atoms with Crippen LogP contribution in [-0.4, -0.2) is 33.1 Å². The molecule has 0 aliphatic heterocycles. The van der Waals surface area contributed by atoms with Gasteiger partial charge >= 0.3 is 0 Å². The van der Waals surface area contributed by atoms with Crippen LogP contribution in [0, 0.1) is 0 Å². The van der Waals surface area contributed by atoms with E-state index in [2.05, 4.69) is 20.7 Å². The van der Waals surface area contributed by atoms with Crippen molar-refractivity contribution in [3.63, 3.8) is 0 Å². The number of nitrogens with one attached hydrogen (secondary N) is 2. The van der Waals surface area contributed by atoms with Crippen molar-refractivity contribution in [1.82, 2.24) is 20.1 Å². The average Bonchev–Trinajstić information content (AvgIpc) is 3.33. The summed E-state index contributed by atoms with van der Waals surface area (Å²) >= 11 is 0. The number of nitrogens with zero attached hydrogens (tertiary/aromatic N) is 3. The van der Waals surface area contributed by atoms with Gasteiger partial charge in [0.25, 0.3) is 5.91 Å². The van der Waals surface area contributed by atoms with Gasteiger partial charge in [-0.3, -0.25) is 19.3 Å². The van der Waals surface area contributed by atoms with E-state index in [0.29, 0.717) is 12.4 Å². The van der Waals surface area contributed by atoms with Crippen molar-refractivity contribution in [3.05, 3.63) is 66.5 Å². The highest BCUT2D eigenvalue weighted by atomic mass is 16.3. The second kappa shape index (κ2) is 8.61. The molecule has 2 amide bonds. The summed E-state index contributed by atoms with van der Waals surface area (Å²) in [4.78, 5) is 27.6. The van der Waals surface area contributed by atoms with E-state index in [-0.39, 0.29) is 30.5 Å². The molecule has 3 rings (SSSR count). The van der Waals surface area contributed by atoms with Crippen LogP contribution in [0.25, 0.3) is 0 Å². The highest BCUT2D eigenvalue weighted by molar-refractivity contribution is 5.93. The predicted octanol–water partition coefficient (Wildman–Crippen LogP) is 1.87. The zero-order chi connectivity index (χ0) is 18.2. The first kappa shape index (κ1) is 17.4. The fourth-order valence-corrected chi connectivity index (χ4v) is 2.34. The SMILES string of the molecule is O=C(CCNC(=O)c1ccco1)Nc1ccn(CCc2ccncc2)n1. The van der Waals surface area contributed by atoms with E-state index < -0.39 is 0 Å². The first-order valence-electron chi connectivity index (χ1n) is 8.24. The molecule has 0 atom stereocenters. The van der Waals surface area contributed by atoms with Crippen molar-refractivity contribution in [2.75, 3.05) is 11.9 Å². The second-order valence-corrected chi connectivity index (χ2v) is 5.60. The van der Waals surface area contributed by atoms with Gasteiger partial charge in [0.2, 0.25) is 5.91 Å². The van der Waals surface area contributed by atoms with Gasteiger partial charge in [-0.2, -0.15) is 5.10 Å². The normalized spacial score (nSPS) is 10.5. The fraction of sp³-hybridized carbons (Fsp3) is 0.222. The zero-order valence-electron chi connectivity index (χ0n) is 14.1. The largest absolute Gasteiger partial charge is 0.459 e. The quantitative estimate of drug-likeness (QED) is 0.644. The Morgan fingerprint density at radius 2 is 2.00 bits per heavy atom. The molecule has 8 heteroatoms. The van der Waals surface area contributed by atoms with Crippen LogP contribution in [0.15, 0.2) is 59.6 Å². The van der Waals surface area contributed by atoms with Crippen molar-refractivity contribution in [2.24, 2.45) is 0 Å². The molecule has 0 radical (unpaired) electrons. The summed E-state index contributed by atoms with van der Waals surface area (Å²) in [6.07, 6.45) is 7.73. The number of amides is 2. The minimum absolute atomic E-state index is 0.149. The first-order chi connectivity index (χ1) is 12.7. The minimum Gasteiger partial charge on any atom is -0.459 e. The van der Waals surface area contributed by atoms with Crippen LogP contribution >= 0.6 is 0 Å². The van der Waals surface area contributed by atoms with E-state index in [0.717, 1.165) is 6.42 Å². The molecule has 8 nitrogen and oxygen atoms in total. The molecule has 0 unspecified atom stereocenters. The summed E-state index contributed by atoms with van der Waals surface area (Å²) in [6.45, 7) is 0.924. The predicted molar refractivity (Wildman–Crippen MR) is 94.5 cm³/mol. The van der Waals surface area contributed by atoms with Crippen LogP contribution in [0.4, 0.5) is 5.82 Å². The number of aromatic nitrogens is 3. The molecule has 3 heterocycles. The first-order valence-corrected chi connectivity index (χ1v) is 8.24. The summed E-state index contributed by atoms with van der Waals surface area (Å²) < 4.78 is 6.75. The molecule has 0 fully saturated rings. The number of hydrogen-bond acceptors (Lipinski definition) is 5. The lowest BCUT2D eigenvalue weighted by Crippen LogP contribution is -2.27. The molecule has 0 spiro atoms. The molecule has 0 aliphatic carbocycles. The summed E-state index contributed by atoms with van der Waals surface area (Å²) in [7, 11) is 0. The Morgan fingerprint density at radius 3 is 2.77 bits per heavy atom. The molecule has 2 N–H and O–H groups in total. The number of anilines is 1. The highest BCUT2D eigenvalue weighted by Gasteiger charge is 2.09. The number of carbonyl (C=O) groups is 2. The minimum atomic E-state index is -0.344. The lowest BCUT2D eigenvalue weighted by atomic mass is 10.2. The van der Waals surface area contributed by atoms with Crippen molar-refractivity contribution >= 4 is 17.6 Å². The summed E-state index contributed by atoms with van der Waals surface area (Å²) in [5.74, 6) is 0.146. The third-order valence-corrected chi connectivity index (χ3v) is 3.67. The number of hydrogen-bond donors (Lipinski definition) is 2. The van der Waals surface area contributed by atoms with Gasteiger partial charge < -0.3 is 15.1 Å². The molecule has 0 saturated heterocycles. The lowest BCUT2D eigenvalue weighted by molar-refractivity contribution is -0.116. The van der Waals surface area contributed by atoms with Crippen LogP contribution in [0.1, 0.15) is 22.5 Å². The molecule has 0 bridgehead atoms. The van der Waals surface area contributed by atoms with Crippen LogP contribution in [0.2, 0.25) is 0 Å². The third kappa shape index (κ3) is 5.04. The summed E-state index contributed by atoms with van der Waals surface area (Å²) in [5.41, 5.74) is 1.17. The molecule has 3 aromatic heterocycles. The zero-order valence-corrected chi connectivity index (χ0v) is 14.1.